The average Bonchev–Trinajstić information content (AvgIpc) is 3.03. The molecule has 0 aliphatic carbocycles. The first-order valence-electron chi connectivity index (χ1n) is 8.63. The second-order valence-corrected chi connectivity index (χ2v) is 6.12. The number of nitrogens with zero attached hydrogens (tertiary/aromatic N) is 2. The fourth-order valence-corrected chi connectivity index (χ4v) is 3.08. The summed E-state index contributed by atoms with van der Waals surface area (Å²) in [6.45, 7) is 4.34. The van der Waals surface area contributed by atoms with Crippen molar-refractivity contribution in [3.05, 3.63) is 72.4 Å². The first-order valence-corrected chi connectivity index (χ1v) is 8.63. The predicted molar refractivity (Wildman–Crippen MR) is 98.7 cm³/mol. The van der Waals surface area contributed by atoms with Crippen LogP contribution in [0, 0.1) is 0 Å². The molecule has 0 spiro atoms. The number of amides is 1. The van der Waals surface area contributed by atoms with Crippen LogP contribution in [0.2, 0.25) is 0 Å². The molecule has 0 N–H and O–H groups in total. The summed E-state index contributed by atoms with van der Waals surface area (Å²) in [5.74, 6) is 0.221. The Labute approximate surface area is 143 Å². The van der Waals surface area contributed by atoms with Gasteiger partial charge < -0.3 is 9.47 Å². The number of rotatable bonds is 7. The number of aromatic nitrogens is 1. The van der Waals surface area contributed by atoms with E-state index in [-0.39, 0.29) is 5.91 Å². The number of fused-ring (bicyclic) bond motifs is 1. The number of hydrogen-bond donors (Lipinski definition) is 0. The normalized spacial score (nSPS) is 10.9. The quantitative estimate of drug-likeness (QED) is 0.630. The van der Waals surface area contributed by atoms with Crippen LogP contribution in [-0.2, 0) is 17.9 Å². The van der Waals surface area contributed by atoms with Crippen molar-refractivity contribution in [1.29, 1.82) is 0 Å². The van der Waals surface area contributed by atoms with Crippen LogP contribution in [0.15, 0.2) is 66.9 Å². The van der Waals surface area contributed by atoms with Gasteiger partial charge >= 0.3 is 0 Å². The lowest BCUT2D eigenvalue weighted by Crippen LogP contribution is -2.31. The highest BCUT2D eigenvalue weighted by Gasteiger charge is 2.13. The van der Waals surface area contributed by atoms with Gasteiger partial charge in [0.15, 0.2) is 0 Å². The molecule has 1 amide bonds. The monoisotopic (exact) mass is 320 g/mol. The fourth-order valence-electron chi connectivity index (χ4n) is 3.08. The Morgan fingerprint density at radius 3 is 2.54 bits per heavy atom. The van der Waals surface area contributed by atoms with E-state index in [1.165, 1.54) is 16.5 Å². The Balaban J connectivity index is 1.65. The molecular weight excluding hydrogens is 296 g/mol. The molecule has 0 unspecified atom stereocenters. The summed E-state index contributed by atoms with van der Waals surface area (Å²) in [5, 5.41) is 1.22. The lowest BCUT2D eigenvalue weighted by molar-refractivity contribution is -0.132. The summed E-state index contributed by atoms with van der Waals surface area (Å²) < 4.78 is 2.17. The van der Waals surface area contributed by atoms with E-state index in [0.717, 1.165) is 19.5 Å². The molecule has 2 aromatic carbocycles. The number of carbonyl (C=O) groups excluding carboxylic acids is 1. The van der Waals surface area contributed by atoms with E-state index in [0.29, 0.717) is 13.0 Å². The van der Waals surface area contributed by atoms with E-state index < -0.39 is 0 Å². The average molecular weight is 320 g/mol. The highest BCUT2D eigenvalue weighted by molar-refractivity contribution is 5.80. The number of carbonyl (C=O) groups is 1. The van der Waals surface area contributed by atoms with Crippen LogP contribution in [0.25, 0.3) is 10.9 Å². The van der Waals surface area contributed by atoms with Crippen LogP contribution >= 0.6 is 0 Å². The molecule has 1 aromatic heterocycles. The second kappa shape index (κ2) is 7.82. The van der Waals surface area contributed by atoms with Crippen molar-refractivity contribution in [1.82, 2.24) is 9.47 Å². The zero-order valence-corrected chi connectivity index (χ0v) is 14.2. The van der Waals surface area contributed by atoms with Crippen LogP contribution in [0.5, 0.6) is 0 Å². The Bertz CT molecular complexity index is 792. The molecule has 1 heterocycles. The lowest BCUT2D eigenvalue weighted by Gasteiger charge is -2.22. The van der Waals surface area contributed by atoms with Crippen LogP contribution in [0.3, 0.4) is 0 Å². The van der Waals surface area contributed by atoms with E-state index >= 15 is 0 Å². The van der Waals surface area contributed by atoms with E-state index in [1.54, 1.807) is 0 Å². The molecular formula is C21H24N2O. The third kappa shape index (κ3) is 3.85. The highest BCUT2D eigenvalue weighted by atomic mass is 16.2. The molecule has 3 heteroatoms. The van der Waals surface area contributed by atoms with Gasteiger partial charge in [-0.15, -0.1) is 0 Å². The molecule has 24 heavy (non-hydrogen) atoms. The predicted octanol–water partition coefficient (Wildman–Crippen LogP) is 4.47. The molecule has 3 rings (SSSR count). The van der Waals surface area contributed by atoms with Crippen molar-refractivity contribution in [2.75, 3.05) is 6.54 Å². The summed E-state index contributed by atoms with van der Waals surface area (Å²) in [6, 6.07) is 20.6. The second-order valence-electron chi connectivity index (χ2n) is 6.12. The van der Waals surface area contributed by atoms with Crippen LogP contribution in [0.1, 0.15) is 25.3 Å². The van der Waals surface area contributed by atoms with E-state index in [4.69, 9.17) is 0 Å². The highest BCUT2D eigenvalue weighted by Crippen LogP contribution is 2.16. The van der Waals surface area contributed by atoms with E-state index in [1.807, 2.05) is 35.2 Å². The van der Waals surface area contributed by atoms with Crippen molar-refractivity contribution < 1.29 is 4.79 Å². The van der Waals surface area contributed by atoms with Gasteiger partial charge in [0.05, 0.1) is 0 Å². The molecule has 0 fully saturated rings. The standard InChI is InChI=1S/C21H24N2O/c1-2-14-23(17-18-8-4-3-5-9-18)21(24)13-16-22-15-12-19-10-6-7-11-20(19)22/h3-12,15H,2,13-14,16-17H2,1H3. The molecule has 0 aliphatic heterocycles. The molecule has 0 aliphatic rings. The first-order chi connectivity index (χ1) is 11.8. The van der Waals surface area contributed by atoms with Gasteiger partial charge in [-0.3, -0.25) is 4.79 Å². The molecule has 0 bridgehead atoms. The van der Waals surface area contributed by atoms with Crippen molar-refractivity contribution in [3.63, 3.8) is 0 Å². The Morgan fingerprint density at radius 2 is 1.75 bits per heavy atom. The Kier molecular flexibility index (Phi) is 5.32. The summed E-state index contributed by atoms with van der Waals surface area (Å²) >= 11 is 0. The Hall–Kier alpha value is -2.55. The van der Waals surface area contributed by atoms with Crippen molar-refractivity contribution in [2.45, 2.75) is 32.9 Å². The molecule has 3 aromatic rings. The van der Waals surface area contributed by atoms with Crippen LogP contribution < -0.4 is 0 Å². The Morgan fingerprint density at radius 1 is 1.00 bits per heavy atom. The largest absolute Gasteiger partial charge is 0.347 e. The fraction of sp³-hybridized carbons (Fsp3) is 0.286. The number of benzene rings is 2. The zero-order valence-electron chi connectivity index (χ0n) is 14.2. The summed E-state index contributed by atoms with van der Waals surface area (Å²) in [5.41, 5.74) is 2.38. The SMILES string of the molecule is CCCN(Cc1ccccc1)C(=O)CCn1ccc2ccccc21. The maximum atomic E-state index is 12.7. The van der Waals surface area contributed by atoms with Gasteiger partial charge in [0.1, 0.15) is 0 Å². The third-order valence-electron chi connectivity index (χ3n) is 4.31. The molecule has 0 radical (unpaired) electrons. The summed E-state index contributed by atoms with van der Waals surface area (Å²) in [4.78, 5) is 14.7. The van der Waals surface area contributed by atoms with Crippen molar-refractivity contribution in [3.8, 4) is 0 Å². The molecule has 0 atom stereocenters. The third-order valence-corrected chi connectivity index (χ3v) is 4.31. The molecule has 0 saturated carbocycles. The topological polar surface area (TPSA) is 25.2 Å². The summed E-state index contributed by atoms with van der Waals surface area (Å²) in [7, 11) is 0. The maximum Gasteiger partial charge on any atom is 0.224 e. The maximum absolute atomic E-state index is 12.7. The van der Waals surface area contributed by atoms with Gasteiger partial charge in [-0.05, 0) is 29.5 Å². The van der Waals surface area contributed by atoms with Gasteiger partial charge in [-0.2, -0.15) is 0 Å². The molecule has 124 valence electrons. The first kappa shape index (κ1) is 16.3. The van der Waals surface area contributed by atoms with Gasteiger partial charge in [0, 0.05) is 37.8 Å². The lowest BCUT2D eigenvalue weighted by atomic mass is 10.2. The summed E-state index contributed by atoms with van der Waals surface area (Å²) in [6.07, 6.45) is 3.58. The minimum absolute atomic E-state index is 0.221. The zero-order chi connectivity index (χ0) is 16.8. The van der Waals surface area contributed by atoms with Crippen LogP contribution in [-0.4, -0.2) is 21.9 Å². The minimum Gasteiger partial charge on any atom is -0.347 e. The minimum atomic E-state index is 0.221. The van der Waals surface area contributed by atoms with E-state index in [2.05, 4.69) is 48.0 Å². The molecule has 3 nitrogen and oxygen atoms in total. The molecule has 0 saturated heterocycles. The van der Waals surface area contributed by atoms with Gasteiger partial charge in [0.25, 0.3) is 0 Å². The number of hydrogen-bond acceptors (Lipinski definition) is 1. The number of para-hydroxylation sites is 1. The van der Waals surface area contributed by atoms with Crippen molar-refractivity contribution >= 4 is 16.8 Å². The number of aryl methyl sites for hydroxylation is 1. The van der Waals surface area contributed by atoms with Gasteiger partial charge in [0.2, 0.25) is 5.91 Å². The van der Waals surface area contributed by atoms with Crippen molar-refractivity contribution in [2.24, 2.45) is 0 Å². The van der Waals surface area contributed by atoms with E-state index in [9.17, 15) is 4.79 Å². The van der Waals surface area contributed by atoms with Gasteiger partial charge in [-0.1, -0.05) is 55.5 Å². The van der Waals surface area contributed by atoms with Gasteiger partial charge in [-0.25, -0.2) is 0 Å². The smallest absolute Gasteiger partial charge is 0.224 e. The van der Waals surface area contributed by atoms with Crippen LogP contribution in [0.4, 0.5) is 0 Å².